The highest BCUT2D eigenvalue weighted by atomic mass is 16.2. The molecule has 4 rings (SSSR count). The number of nitrogens with one attached hydrogen (secondary N) is 1. The summed E-state index contributed by atoms with van der Waals surface area (Å²) in [5.41, 5.74) is 5.03. The number of hydrogen-bond donors (Lipinski definition) is 2. The van der Waals surface area contributed by atoms with Crippen molar-refractivity contribution in [3.05, 3.63) is 48.2 Å². The van der Waals surface area contributed by atoms with Crippen molar-refractivity contribution in [1.82, 2.24) is 14.7 Å². The first kappa shape index (κ1) is 18.2. The molecule has 0 atom stereocenters. The second kappa shape index (κ2) is 7.10. The Bertz CT molecular complexity index is 896. The Balaban J connectivity index is 1.40. The van der Waals surface area contributed by atoms with Gasteiger partial charge in [0.25, 0.3) is 5.91 Å². The highest BCUT2D eigenvalue weighted by Gasteiger charge is 2.57. The van der Waals surface area contributed by atoms with Gasteiger partial charge in [0.15, 0.2) is 0 Å². The minimum Gasteiger partial charge on any atom is -0.369 e. The summed E-state index contributed by atoms with van der Waals surface area (Å²) in [7, 11) is 0. The van der Waals surface area contributed by atoms with Gasteiger partial charge in [-0.1, -0.05) is 18.2 Å². The SMILES string of the molecule is NC(=O)C1(C(=O)N2CCC(n3nccc3NC(=O)c3ccccc3)CC2)CC1. The highest BCUT2D eigenvalue weighted by molar-refractivity contribution is 6.07. The van der Waals surface area contributed by atoms with Crippen LogP contribution >= 0.6 is 0 Å². The normalized spacial score (nSPS) is 18.5. The quantitative estimate of drug-likeness (QED) is 0.766. The molecule has 2 heterocycles. The lowest BCUT2D eigenvalue weighted by Gasteiger charge is -2.34. The minimum atomic E-state index is -0.965. The van der Waals surface area contributed by atoms with Crippen molar-refractivity contribution in [2.24, 2.45) is 11.1 Å². The lowest BCUT2D eigenvalue weighted by atomic mass is 10.00. The number of anilines is 1. The zero-order chi connectivity index (χ0) is 19.7. The Morgan fingerprint density at radius 3 is 2.36 bits per heavy atom. The van der Waals surface area contributed by atoms with Crippen LogP contribution in [0.4, 0.5) is 5.82 Å². The lowest BCUT2D eigenvalue weighted by Crippen LogP contribution is -2.47. The third-order valence-electron chi connectivity index (χ3n) is 5.68. The number of nitrogens with two attached hydrogens (primary N) is 1. The number of rotatable bonds is 5. The summed E-state index contributed by atoms with van der Waals surface area (Å²) < 4.78 is 1.81. The van der Waals surface area contributed by atoms with Gasteiger partial charge >= 0.3 is 0 Å². The number of hydrogen-bond acceptors (Lipinski definition) is 4. The van der Waals surface area contributed by atoms with Gasteiger partial charge in [-0.25, -0.2) is 4.68 Å². The fourth-order valence-corrected chi connectivity index (χ4v) is 3.79. The molecule has 1 aromatic heterocycles. The largest absolute Gasteiger partial charge is 0.369 e. The summed E-state index contributed by atoms with van der Waals surface area (Å²) in [6.45, 7) is 1.09. The monoisotopic (exact) mass is 381 g/mol. The lowest BCUT2D eigenvalue weighted by molar-refractivity contribution is -0.144. The number of nitrogens with zero attached hydrogens (tertiary/aromatic N) is 3. The van der Waals surface area contributed by atoms with Crippen LogP contribution in [0.5, 0.6) is 0 Å². The Hall–Kier alpha value is -3.16. The van der Waals surface area contributed by atoms with Gasteiger partial charge in [-0.05, 0) is 37.8 Å². The van der Waals surface area contributed by atoms with Gasteiger partial charge < -0.3 is 16.0 Å². The van der Waals surface area contributed by atoms with Crippen molar-refractivity contribution >= 4 is 23.5 Å². The van der Waals surface area contributed by atoms with Crippen LogP contribution in [0.25, 0.3) is 0 Å². The van der Waals surface area contributed by atoms with Crippen molar-refractivity contribution in [2.75, 3.05) is 18.4 Å². The number of benzene rings is 1. The topological polar surface area (TPSA) is 110 Å². The zero-order valence-electron chi connectivity index (χ0n) is 15.5. The zero-order valence-corrected chi connectivity index (χ0v) is 15.5. The van der Waals surface area contributed by atoms with Crippen LogP contribution in [0.15, 0.2) is 42.6 Å². The number of amides is 3. The molecule has 0 unspecified atom stereocenters. The first-order valence-corrected chi connectivity index (χ1v) is 9.50. The molecule has 28 heavy (non-hydrogen) atoms. The predicted molar refractivity (Wildman–Crippen MR) is 102 cm³/mol. The standard InChI is InChI=1S/C20H23N5O3/c21-18(27)20(9-10-20)19(28)24-12-7-15(8-13-24)25-16(6-11-22-25)23-17(26)14-4-2-1-3-5-14/h1-6,11,15H,7-10,12-13H2,(H2,21,27)(H,23,26). The molecule has 8 heteroatoms. The first-order valence-electron chi connectivity index (χ1n) is 9.50. The summed E-state index contributed by atoms with van der Waals surface area (Å²) in [6, 6.07) is 10.9. The molecule has 0 radical (unpaired) electrons. The molecule has 1 saturated heterocycles. The summed E-state index contributed by atoms with van der Waals surface area (Å²) in [6.07, 6.45) is 4.17. The fraction of sp³-hybridized carbons (Fsp3) is 0.400. The molecular formula is C20H23N5O3. The van der Waals surface area contributed by atoms with E-state index in [0.29, 0.717) is 50.2 Å². The maximum atomic E-state index is 12.6. The molecule has 8 nitrogen and oxygen atoms in total. The van der Waals surface area contributed by atoms with E-state index >= 15 is 0 Å². The Labute approximate surface area is 162 Å². The van der Waals surface area contributed by atoms with Gasteiger partial charge in [-0.2, -0.15) is 5.10 Å². The third kappa shape index (κ3) is 3.26. The molecular weight excluding hydrogens is 358 g/mol. The second-order valence-corrected chi connectivity index (χ2v) is 7.45. The van der Waals surface area contributed by atoms with Crippen molar-refractivity contribution in [1.29, 1.82) is 0 Å². The maximum Gasteiger partial charge on any atom is 0.256 e. The summed E-state index contributed by atoms with van der Waals surface area (Å²) in [4.78, 5) is 38.4. The van der Waals surface area contributed by atoms with E-state index in [1.807, 2.05) is 22.9 Å². The van der Waals surface area contributed by atoms with Crippen LogP contribution in [0, 0.1) is 5.41 Å². The minimum absolute atomic E-state index is 0.0776. The van der Waals surface area contributed by atoms with Gasteiger partial charge in [0, 0.05) is 24.7 Å². The molecule has 3 N–H and O–H groups in total. The third-order valence-corrected chi connectivity index (χ3v) is 5.68. The number of carbonyl (C=O) groups excluding carboxylic acids is 3. The molecule has 1 aliphatic carbocycles. The van der Waals surface area contributed by atoms with E-state index in [9.17, 15) is 14.4 Å². The van der Waals surface area contributed by atoms with E-state index in [4.69, 9.17) is 5.73 Å². The smallest absolute Gasteiger partial charge is 0.256 e. The van der Waals surface area contributed by atoms with Gasteiger partial charge in [0.05, 0.1) is 12.2 Å². The van der Waals surface area contributed by atoms with E-state index in [1.165, 1.54) is 0 Å². The summed E-state index contributed by atoms with van der Waals surface area (Å²) in [5.74, 6) is -0.212. The highest BCUT2D eigenvalue weighted by Crippen LogP contribution is 2.47. The molecule has 2 aliphatic rings. The van der Waals surface area contributed by atoms with Crippen molar-refractivity contribution in [2.45, 2.75) is 31.7 Å². The van der Waals surface area contributed by atoms with Crippen LogP contribution in [0.1, 0.15) is 42.1 Å². The van der Waals surface area contributed by atoms with Crippen LogP contribution in [0.3, 0.4) is 0 Å². The number of primary amides is 1. The molecule has 146 valence electrons. The van der Waals surface area contributed by atoms with E-state index in [-0.39, 0.29) is 17.9 Å². The molecule has 2 fully saturated rings. The van der Waals surface area contributed by atoms with Gasteiger partial charge in [-0.15, -0.1) is 0 Å². The fourth-order valence-electron chi connectivity index (χ4n) is 3.79. The average molecular weight is 381 g/mol. The number of piperidine rings is 1. The van der Waals surface area contributed by atoms with Crippen molar-refractivity contribution in [3.63, 3.8) is 0 Å². The maximum absolute atomic E-state index is 12.6. The van der Waals surface area contributed by atoms with E-state index in [0.717, 1.165) is 0 Å². The Morgan fingerprint density at radius 1 is 1.07 bits per heavy atom. The number of carbonyl (C=O) groups is 3. The Kier molecular flexibility index (Phi) is 4.62. The molecule has 1 saturated carbocycles. The molecule has 3 amide bonds. The molecule has 1 aliphatic heterocycles. The van der Waals surface area contributed by atoms with Crippen LogP contribution in [0.2, 0.25) is 0 Å². The Morgan fingerprint density at radius 2 is 1.75 bits per heavy atom. The van der Waals surface area contributed by atoms with Gasteiger partial charge in [0.1, 0.15) is 11.2 Å². The van der Waals surface area contributed by atoms with Gasteiger partial charge in [-0.3, -0.25) is 14.4 Å². The van der Waals surface area contributed by atoms with Crippen molar-refractivity contribution in [3.8, 4) is 0 Å². The molecule has 1 aromatic carbocycles. The number of aromatic nitrogens is 2. The number of likely N-dealkylation sites (tertiary alicyclic amines) is 1. The van der Waals surface area contributed by atoms with E-state index in [2.05, 4.69) is 10.4 Å². The summed E-state index contributed by atoms with van der Waals surface area (Å²) >= 11 is 0. The average Bonchev–Trinajstić information content (AvgIpc) is 3.42. The summed E-state index contributed by atoms with van der Waals surface area (Å²) in [5, 5.41) is 7.28. The molecule has 2 aromatic rings. The van der Waals surface area contributed by atoms with Crippen LogP contribution in [-0.2, 0) is 9.59 Å². The second-order valence-electron chi connectivity index (χ2n) is 7.45. The first-order chi connectivity index (χ1) is 13.5. The van der Waals surface area contributed by atoms with Gasteiger partial charge in [0.2, 0.25) is 11.8 Å². The van der Waals surface area contributed by atoms with E-state index in [1.54, 1.807) is 29.3 Å². The molecule has 0 spiro atoms. The van der Waals surface area contributed by atoms with Crippen LogP contribution < -0.4 is 11.1 Å². The van der Waals surface area contributed by atoms with Crippen LogP contribution in [-0.4, -0.2) is 45.5 Å². The predicted octanol–water partition coefficient (Wildman–Crippen LogP) is 1.56. The van der Waals surface area contributed by atoms with Crippen molar-refractivity contribution < 1.29 is 14.4 Å². The van der Waals surface area contributed by atoms with E-state index < -0.39 is 11.3 Å². The molecule has 0 bridgehead atoms.